The highest BCUT2D eigenvalue weighted by Crippen LogP contribution is 2.14. The second-order valence-electron chi connectivity index (χ2n) is 4.78. The number of aromatic nitrogens is 1. The van der Waals surface area contributed by atoms with Crippen molar-refractivity contribution in [1.82, 2.24) is 9.88 Å². The number of rotatable bonds is 5. The van der Waals surface area contributed by atoms with Crippen LogP contribution in [-0.2, 0) is 6.54 Å². The lowest BCUT2D eigenvalue weighted by Crippen LogP contribution is -2.35. The van der Waals surface area contributed by atoms with Gasteiger partial charge in [0.15, 0.2) is 5.78 Å². The largest absolute Gasteiger partial charge is 0.292 e. The van der Waals surface area contributed by atoms with Gasteiger partial charge in [0.2, 0.25) is 0 Å². The number of halogens is 1. The molecule has 2 rings (SSSR count). The Bertz CT molecular complexity index is 569. The van der Waals surface area contributed by atoms with Gasteiger partial charge in [0.25, 0.3) is 0 Å². The molecule has 2 aromatic rings. The molecule has 0 saturated carbocycles. The summed E-state index contributed by atoms with van der Waals surface area (Å²) in [7, 11) is 1.92. The van der Waals surface area contributed by atoms with E-state index in [1.165, 1.54) is 0 Å². The molecule has 20 heavy (non-hydrogen) atoms. The standard InChI is InChI=1S/C16H17ClN2O/c1-12(16(20)13-6-8-14(17)9-7-13)19(2)11-15-5-3-4-10-18-15/h3-10,12H,11H2,1-2H3. The van der Waals surface area contributed by atoms with Crippen molar-refractivity contribution in [2.75, 3.05) is 7.05 Å². The number of Topliss-reactive ketones (excluding diaryl/α,β-unsaturated/α-hetero) is 1. The summed E-state index contributed by atoms with van der Waals surface area (Å²) >= 11 is 5.84. The third-order valence-corrected chi connectivity index (χ3v) is 3.56. The summed E-state index contributed by atoms with van der Waals surface area (Å²) in [5.41, 5.74) is 1.63. The van der Waals surface area contributed by atoms with E-state index in [0.29, 0.717) is 17.1 Å². The van der Waals surface area contributed by atoms with Gasteiger partial charge in [-0.1, -0.05) is 17.7 Å². The molecule has 3 nitrogen and oxygen atoms in total. The highest BCUT2D eigenvalue weighted by Gasteiger charge is 2.19. The number of benzene rings is 1. The predicted octanol–water partition coefficient (Wildman–Crippen LogP) is 3.44. The van der Waals surface area contributed by atoms with Crippen LogP contribution in [0.1, 0.15) is 23.0 Å². The van der Waals surface area contributed by atoms with Gasteiger partial charge in [-0.15, -0.1) is 0 Å². The zero-order valence-corrected chi connectivity index (χ0v) is 12.3. The molecule has 0 bridgehead atoms. The summed E-state index contributed by atoms with van der Waals surface area (Å²) in [4.78, 5) is 18.6. The van der Waals surface area contributed by atoms with Crippen molar-refractivity contribution in [2.45, 2.75) is 19.5 Å². The number of ketones is 1. The third kappa shape index (κ3) is 3.65. The van der Waals surface area contributed by atoms with Gasteiger partial charge in [-0.25, -0.2) is 0 Å². The van der Waals surface area contributed by atoms with Crippen molar-refractivity contribution in [1.29, 1.82) is 0 Å². The van der Waals surface area contributed by atoms with Crippen LogP contribution < -0.4 is 0 Å². The first-order valence-corrected chi connectivity index (χ1v) is 6.85. The van der Waals surface area contributed by atoms with Crippen molar-refractivity contribution < 1.29 is 4.79 Å². The van der Waals surface area contributed by atoms with Gasteiger partial charge in [-0.3, -0.25) is 14.7 Å². The lowest BCUT2D eigenvalue weighted by atomic mass is 10.0. The Balaban J connectivity index is 2.04. The van der Waals surface area contributed by atoms with E-state index >= 15 is 0 Å². The molecule has 0 radical (unpaired) electrons. The van der Waals surface area contributed by atoms with E-state index in [1.807, 2.05) is 37.1 Å². The molecule has 104 valence electrons. The van der Waals surface area contributed by atoms with Gasteiger partial charge in [-0.2, -0.15) is 0 Å². The highest BCUT2D eigenvalue weighted by molar-refractivity contribution is 6.30. The topological polar surface area (TPSA) is 33.2 Å². The van der Waals surface area contributed by atoms with Crippen molar-refractivity contribution in [3.05, 3.63) is 64.9 Å². The zero-order valence-electron chi connectivity index (χ0n) is 11.6. The molecule has 0 saturated heterocycles. The van der Waals surface area contributed by atoms with Crippen LogP contribution >= 0.6 is 11.6 Å². The maximum Gasteiger partial charge on any atom is 0.179 e. The monoisotopic (exact) mass is 288 g/mol. The molecule has 0 fully saturated rings. The smallest absolute Gasteiger partial charge is 0.179 e. The van der Waals surface area contributed by atoms with Crippen molar-refractivity contribution in [3.63, 3.8) is 0 Å². The summed E-state index contributed by atoms with van der Waals surface area (Å²) in [6, 6.07) is 12.6. The normalized spacial score (nSPS) is 12.4. The van der Waals surface area contributed by atoms with E-state index in [1.54, 1.807) is 30.5 Å². The Hall–Kier alpha value is -1.71. The van der Waals surface area contributed by atoms with E-state index in [0.717, 1.165) is 5.69 Å². The maximum atomic E-state index is 12.4. The van der Waals surface area contributed by atoms with Crippen LogP contribution in [0.3, 0.4) is 0 Å². The summed E-state index contributed by atoms with van der Waals surface area (Å²) in [6.45, 7) is 2.54. The van der Waals surface area contributed by atoms with Crippen LogP contribution in [0.15, 0.2) is 48.7 Å². The molecule has 0 spiro atoms. The fraction of sp³-hybridized carbons (Fsp3) is 0.250. The minimum Gasteiger partial charge on any atom is -0.292 e. The zero-order chi connectivity index (χ0) is 14.5. The molecule has 0 aliphatic carbocycles. The first-order valence-electron chi connectivity index (χ1n) is 6.48. The van der Waals surface area contributed by atoms with Gasteiger partial charge in [0.1, 0.15) is 0 Å². The number of likely N-dealkylation sites (N-methyl/N-ethyl adjacent to an activating group) is 1. The average Bonchev–Trinajstić information content (AvgIpc) is 2.47. The Morgan fingerprint density at radius 3 is 2.55 bits per heavy atom. The third-order valence-electron chi connectivity index (χ3n) is 3.31. The van der Waals surface area contributed by atoms with E-state index in [2.05, 4.69) is 4.98 Å². The number of pyridine rings is 1. The summed E-state index contributed by atoms with van der Waals surface area (Å²) in [5, 5.41) is 0.635. The molecule has 1 atom stereocenters. The fourth-order valence-corrected chi connectivity index (χ4v) is 2.07. The molecule has 4 heteroatoms. The Morgan fingerprint density at radius 1 is 1.25 bits per heavy atom. The lowest BCUT2D eigenvalue weighted by molar-refractivity contribution is 0.0861. The second kappa shape index (κ2) is 6.64. The summed E-state index contributed by atoms with van der Waals surface area (Å²) < 4.78 is 0. The van der Waals surface area contributed by atoms with Crippen molar-refractivity contribution in [2.24, 2.45) is 0 Å². The summed E-state index contributed by atoms with van der Waals surface area (Å²) in [5.74, 6) is 0.0834. The lowest BCUT2D eigenvalue weighted by Gasteiger charge is -2.23. The van der Waals surface area contributed by atoms with Gasteiger partial charge in [-0.05, 0) is 50.4 Å². The van der Waals surface area contributed by atoms with Gasteiger partial charge < -0.3 is 0 Å². The molecule has 0 N–H and O–H groups in total. The van der Waals surface area contributed by atoms with Crippen LogP contribution in [0.25, 0.3) is 0 Å². The minimum absolute atomic E-state index is 0.0834. The minimum atomic E-state index is -0.210. The quantitative estimate of drug-likeness (QED) is 0.790. The Kier molecular flexibility index (Phi) is 4.88. The molecule has 0 aliphatic heterocycles. The summed E-state index contributed by atoms with van der Waals surface area (Å²) in [6.07, 6.45) is 1.76. The van der Waals surface area contributed by atoms with Crippen molar-refractivity contribution in [3.8, 4) is 0 Å². The molecule has 0 aliphatic rings. The van der Waals surface area contributed by atoms with E-state index < -0.39 is 0 Å². The van der Waals surface area contributed by atoms with E-state index in [9.17, 15) is 4.79 Å². The Morgan fingerprint density at radius 2 is 1.95 bits per heavy atom. The Labute approximate surface area is 124 Å². The number of carbonyl (C=O) groups is 1. The fourth-order valence-electron chi connectivity index (χ4n) is 1.94. The average molecular weight is 289 g/mol. The number of hydrogen-bond acceptors (Lipinski definition) is 3. The first kappa shape index (κ1) is 14.7. The highest BCUT2D eigenvalue weighted by atomic mass is 35.5. The number of hydrogen-bond donors (Lipinski definition) is 0. The second-order valence-corrected chi connectivity index (χ2v) is 5.22. The maximum absolute atomic E-state index is 12.4. The van der Waals surface area contributed by atoms with E-state index in [-0.39, 0.29) is 11.8 Å². The van der Waals surface area contributed by atoms with Crippen LogP contribution in [0, 0.1) is 0 Å². The molecular formula is C16H17ClN2O. The predicted molar refractivity (Wildman–Crippen MR) is 80.9 cm³/mol. The van der Waals surface area contributed by atoms with E-state index in [4.69, 9.17) is 11.6 Å². The van der Waals surface area contributed by atoms with Crippen LogP contribution in [0.2, 0.25) is 5.02 Å². The molecule has 0 amide bonds. The molecule has 1 aromatic carbocycles. The van der Waals surface area contributed by atoms with Gasteiger partial charge >= 0.3 is 0 Å². The van der Waals surface area contributed by atoms with Crippen LogP contribution in [-0.4, -0.2) is 28.8 Å². The van der Waals surface area contributed by atoms with Crippen molar-refractivity contribution >= 4 is 17.4 Å². The molecule has 1 heterocycles. The molecule has 1 unspecified atom stereocenters. The molecule has 1 aromatic heterocycles. The van der Waals surface area contributed by atoms with Crippen LogP contribution in [0.5, 0.6) is 0 Å². The van der Waals surface area contributed by atoms with Gasteiger partial charge in [0.05, 0.1) is 11.7 Å². The molecular weight excluding hydrogens is 272 g/mol. The number of carbonyl (C=O) groups excluding carboxylic acids is 1. The van der Waals surface area contributed by atoms with Crippen LogP contribution in [0.4, 0.5) is 0 Å². The SMILES string of the molecule is CC(C(=O)c1ccc(Cl)cc1)N(C)Cc1ccccn1. The number of nitrogens with zero attached hydrogens (tertiary/aromatic N) is 2. The first-order chi connectivity index (χ1) is 9.58. The van der Waals surface area contributed by atoms with Gasteiger partial charge in [0, 0.05) is 23.3 Å².